The minimum Gasteiger partial charge on any atom is -0.491 e. The van der Waals surface area contributed by atoms with Gasteiger partial charge >= 0.3 is 6.00 Å². The zero-order valence-corrected chi connectivity index (χ0v) is 11.0. The monoisotopic (exact) mass is 282 g/mol. The third-order valence-electron chi connectivity index (χ3n) is 2.02. The van der Waals surface area contributed by atoms with E-state index in [0.29, 0.717) is 17.5 Å². The topological polar surface area (TPSA) is 21.8 Å². The molecule has 0 N–H and O–H groups in total. The van der Waals surface area contributed by atoms with Gasteiger partial charge in [-0.3, -0.25) is 0 Å². The highest BCUT2D eigenvalue weighted by atomic mass is 35.8. The molecule has 1 unspecified atom stereocenters. The Morgan fingerprint density at radius 3 is 2.60 bits per heavy atom. The van der Waals surface area contributed by atoms with Crippen LogP contribution in [0.1, 0.15) is 0 Å². The standard InChI is InChI=1S/C9H9Cl3O2Si/c10-15(11,12)9-4-2-1-3-8(9)14-6-7-5-13-7/h1-4,7H,5-6H2. The van der Waals surface area contributed by atoms with Crippen LogP contribution in [0.2, 0.25) is 0 Å². The summed E-state index contributed by atoms with van der Waals surface area (Å²) in [4.78, 5) is 0. The Morgan fingerprint density at radius 1 is 1.33 bits per heavy atom. The first-order valence-electron chi connectivity index (χ1n) is 4.48. The highest BCUT2D eigenvalue weighted by molar-refractivity contribution is 7.69. The summed E-state index contributed by atoms with van der Waals surface area (Å²) in [5.41, 5.74) is 0. The lowest BCUT2D eigenvalue weighted by molar-refractivity contribution is 0.264. The normalized spacial score (nSPS) is 20.1. The van der Waals surface area contributed by atoms with E-state index < -0.39 is 6.00 Å². The SMILES string of the molecule is Cl[Si](Cl)(Cl)c1ccccc1OCC1CO1. The fourth-order valence-corrected chi connectivity index (χ4v) is 3.30. The number of epoxide rings is 1. The van der Waals surface area contributed by atoms with Crippen LogP contribution in [-0.4, -0.2) is 25.3 Å². The van der Waals surface area contributed by atoms with Crippen molar-refractivity contribution in [2.24, 2.45) is 0 Å². The molecule has 0 amide bonds. The molecule has 1 aromatic rings. The van der Waals surface area contributed by atoms with Gasteiger partial charge in [0.1, 0.15) is 18.5 Å². The minimum absolute atomic E-state index is 0.204. The maximum atomic E-state index is 5.95. The van der Waals surface area contributed by atoms with Gasteiger partial charge in [-0.15, -0.1) is 33.2 Å². The van der Waals surface area contributed by atoms with Crippen molar-refractivity contribution in [2.75, 3.05) is 13.2 Å². The van der Waals surface area contributed by atoms with Crippen LogP contribution < -0.4 is 9.92 Å². The Kier molecular flexibility index (Phi) is 3.48. The molecular weight excluding hydrogens is 275 g/mol. The average molecular weight is 284 g/mol. The molecule has 0 radical (unpaired) electrons. The van der Waals surface area contributed by atoms with E-state index in [1.54, 1.807) is 6.07 Å². The maximum absolute atomic E-state index is 5.95. The van der Waals surface area contributed by atoms with E-state index in [1.165, 1.54) is 0 Å². The number of rotatable bonds is 4. The van der Waals surface area contributed by atoms with Crippen LogP contribution in [0.15, 0.2) is 24.3 Å². The van der Waals surface area contributed by atoms with Crippen molar-refractivity contribution in [3.63, 3.8) is 0 Å². The maximum Gasteiger partial charge on any atom is 0.376 e. The van der Waals surface area contributed by atoms with Crippen LogP contribution in [0.25, 0.3) is 0 Å². The van der Waals surface area contributed by atoms with Crippen molar-refractivity contribution in [1.29, 1.82) is 0 Å². The van der Waals surface area contributed by atoms with Crippen LogP contribution in [0, 0.1) is 0 Å². The second-order valence-corrected chi connectivity index (χ2v) is 11.6. The second kappa shape index (κ2) is 4.51. The van der Waals surface area contributed by atoms with Crippen molar-refractivity contribution < 1.29 is 9.47 Å². The first-order chi connectivity index (χ1) is 7.07. The number of halogens is 3. The molecule has 1 saturated heterocycles. The fraction of sp³-hybridized carbons (Fsp3) is 0.333. The zero-order valence-electron chi connectivity index (χ0n) is 7.75. The lowest BCUT2D eigenvalue weighted by Gasteiger charge is -2.14. The summed E-state index contributed by atoms with van der Waals surface area (Å²) >= 11 is 17.9. The van der Waals surface area contributed by atoms with E-state index >= 15 is 0 Å². The largest absolute Gasteiger partial charge is 0.491 e. The molecule has 82 valence electrons. The summed E-state index contributed by atoms with van der Waals surface area (Å²) in [6.07, 6.45) is 0.204. The molecule has 0 aromatic heterocycles. The van der Waals surface area contributed by atoms with Crippen LogP contribution in [0.3, 0.4) is 0 Å². The molecular formula is C9H9Cl3O2Si. The lowest BCUT2D eigenvalue weighted by Crippen LogP contribution is -2.32. The smallest absolute Gasteiger partial charge is 0.376 e. The van der Waals surface area contributed by atoms with Crippen molar-refractivity contribution >= 4 is 44.4 Å². The van der Waals surface area contributed by atoms with Gasteiger partial charge in [-0.1, -0.05) is 18.2 Å². The summed E-state index contributed by atoms with van der Waals surface area (Å²) < 4.78 is 10.6. The number of ether oxygens (including phenoxy) is 2. The van der Waals surface area contributed by atoms with Gasteiger partial charge in [0.25, 0.3) is 0 Å². The zero-order chi connectivity index (χ0) is 10.9. The predicted molar refractivity (Wildman–Crippen MR) is 64.6 cm³/mol. The Labute approximate surface area is 103 Å². The van der Waals surface area contributed by atoms with Gasteiger partial charge < -0.3 is 9.47 Å². The highest BCUT2D eigenvalue weighted by Gasteiger charge is 2.32. The van der Waals surface area contributed by atoms with Gasteiger partial charge in [0.15, 0.2) is 0 Å². The molecule has 1 aliphatic rings. The molecule has 6 heteroatoms. The third-order valence-corrected chi connectivity index (χ3v) is 4.88. The second-order valence-electron chi connectivity index (χ2n) is 3.26. The third kappa shape index (κ3) is 3.26. The Balaban J connectivity index is 2.13. The molecule has 15 heavy (non-hydrogen) atoms. The Bertz CT molecular complexity index is 349. The molecule has 1 aliphatic heterocycles. The van der Waals surface area contributed by atoms with E-state index in [0.717, 1.165) is 6.61 Å². The van der Waals surface area contributed by atoms with Crippen molar-refractivity contribution in [3.05, 3.63) is 24.3 Å². The molecule has 0 bridgehead atoms. The number of hydrogen-bond acceptors (Lipinski definition) is 2. The molecule has 1 aromatic carbocycles. The quantitative estimate of drug-likeness (QED) is 0.481. The molecule has 1 fully saturated rings. The van der Waals surface area contributed by atoms with Crippen molar-refractivity contribution in [3.8, 4) is 5.75 Å². The van der Waals surface area contributed by atoms with Crippen LogP contribution in [0.5, 0.6) is 5.75 Å². The highest BCUT2D eigenvalue weighted by Crippen LogP contribution is 2.25. The number of para-hydroxylation sites is 1. The van der Waals surface area contributed by atoms with Crippen LogP contribution in [-0.2, 0) is 4.74 Å². The van der Waals surface area contributed by atoms with Crippen molar-refractivity contribution in [1.82, 2.24) is 0 Å². The summed E-state index contributed by atoms with van der Waals surface area (Å²) in [5, 5.41) is 0.690. The Morgan fingerprint density at radius 2 is 2.00 bits per heavy atom. The molecule has 0 saturated carbocycles. The first-order valence-corrected chi connectivity index (χ1v) is 9.51. The van der Waals surface area contributed by atoms with E-state index in [9.17, 15) is 0 Å². The van der Waals surface area contributed by atoms with Gasteiger partial charge in [0, 0.05) is 5.19 Å². The summed E-state index contributed by atoms with van der Waals surface area (Å²) in [5.74, 6) is 0.652. The molecule has 2 rings (SSSR count). The number of hydrogen-bond donors (Lipinski definition) is 0. The van der Waals surface area contributed by atoms with E-state index in [4.69, 9.17) is 42.7 Å². The Hall–Kier alpha value is 0.0669. The van der Waals surface area contributed by atoms with Gasteiger partial charge in [-0.2, -0.15) is 0 Å². The van der Waals surface area contributed by atoms with Crippen LogP contribution >= 0.6 is 33.2 Å². The lowest BCUT2D eigenvalue weighted by atomic mass is 10.3. The van der Waals surface area contributed by atoms with Gasteiger partial charge in [-0.25, -0.2) is 0 Å². The molecule has 0 spiro atoms. The average Bonchev–Trinajstić information content (AvgIpc) is 2.97. The minimum atomic E-state index is -2.88. The summed E-state index contributed by atoms with van der Waals surface area (Å²) in [7, 11) is 0. The first kappa shape index (κ1) is 11.5. The molecule has 2 nitrogen and oxygen atoms in total. The van der Waals surface area contributed by atoms with E-state index in [2.05, 4.69) is 0 Å². The fourth-order valence-electron chi connectivity index (χ4n) is 1.17. The molecule has 0 aliphatic carbocycles. The summed E-state index contributed by atoms with van der Waals surface area (Å²) in [6, 6.07) is 4.42. The van der Waals surface area contributed by atoms with E-state index in [-0.39, 0.29) is 6.10 Å². The van der Waals surface area contributed by atoms with Gasteiger partial charge in [-0.05, 0) is 6.07 Å². The van der Waals surface area contributed by atoms with Crippen LogP contribution in [0.4, 0.5) is 0 Å². The van der Waals surface area contributed by atoms with Gasteiger partial charge in [0.2, 0.25) is 0 Å². The van der Waals surface area contributed by atoms with Gasteiger partial charge in [0.05, 0.1) is 6.61 Å². The van der Waals surface area contributed by atoms with Crippen molar-refractivity contribution in [2.45, 2.75) is 6.10 Å². The molecule has 1 atom stereocenters. The summed E-state index contributed by atoms with van der Waals surface area (Å²) in [6.45, 7) is 1.28. The number of benzene rings is 1. The molecule has 1 heterocycles. The van der Waals surface area contributed by atoms with E-state index in [1.807, 2.05) is 18.2 Å². The predicted octanol–water partition coefficient (Wildman–Crippen LogP) is 2.33.